The summed E-state index contributed by atoms with van der Waals surface area (Å²) in [6.45, 7) is 3.01. The van der Waals surface area contributed by atoms with Crippen LogP contribution in [0.4, 0.5) is 18.0 Å². The SMILES string of the molecule is C[C@@H](CC(CN1C(=O)C=CC1=O)C(N)=O)NC(=O)N(C[C@@H]1CNC[C@@H]1F)[C@@H](c1nc(-c2cc(F)ccc2F)cn1Cc1ccccc1)C1CCOCC1. The number of nitrogens with one attached hydrogen (secondary N) is 2. The molecular weight excluding hydrogens is 691 g/mol. The van der Waals surface area contributed by atoms with Crippen LogP contribution in [0.1, 0.15) is 43.6 Å². The highest BCUT2D eigenvalue weighted by Gasteiger charge is 2.41. The van der Waals surface area contributed by atoms with E-state index in [0.29, 0.717) is 45.0 Å². The lowest BCUT2D eigenvalue weighted by atomic mass is 9.89. The first-order chi connectivity index (χ1) is 25.5. The number of alkyl halides is 1. The van der Waals surface area contributed by atoms with Crippen LogP contribution in [0, 0.1) is 29.4 Å². The van der Waals surface area contributed by atoms with E-state index in [-0.39, 0.29) is 43.2 Å². The van der Waals surface area contributed by atoms with Crippen molar-refractivity contribution in [2.45, 2.75) is 51.0 Å². The number of imidazole rings is 1. The Hall–Kier alpha value is -5.02. The second-order valence-electron chi connectivity index (χ2n) is 14.0. The molecule has 0 bridgehead atoms. The Morgan fingerprint density at radius 2 is 1.79 bits per heavy atom. The number of nitrogens with two attached hydrogens (primary N) is 1. The van der Waals surface area contributed by atoms with Gasteiger partial charge in [-0.1, -0.05) is 30.3 Å². The van der Waals surface area contributed by atoms with E-state index in [2.05, 4.69) is 10.6 Å². The van der Waals surface area contributed by atoms with Crippen molar-refractivity contribution in [2.75, 3.05) is 39.4 Å². The molecule has 0 spiro atoms. The quantitative estimate of drug-likeness (QED) is 0.214. The lowest BCUT2D eigenvalue weighted by Gasteiger charge is -2.40. The van der Waals surface area contributed by atoms with Gasteiger partial charge in [0.2, 0.25) is 5.91 Å². The fourth-order valence-corrected chi connectivity index (χ4v) is 7.38. The third kappa shape index (κ3) is 8.96. The van der Waals surface area contributed by atoms with Crippen molar-refractivity contribution in [3.05, 3.63) is 89.9 Å². The number of rotatable bonds is 14. The van der Waals surface area contributed by atoms with Crippen LogP contribution in [0.3, 0.4) is 0 Å². The van der Waals surface area contributed by atoms with E-state index >= 15 is 8.78 Å². The number of carbonyl (C=O) groups excluding carboxylic acids is 4. The summed E-state index contributed by atoms with van der Waals surface area (Å²) < 4.78 is 52.5. The number of amides is 5. The van der Waals surface area contributed by atoms with Crippen molar-refractivity contribution in [3.63, 3.8) is 0 Å². The van der Waals surface area contributed by atoms with Crippen molar-refractivity contribution < 1.29 is 37.1 Å². The highest BCUT2D eigenvalue weighted by Crippen LogP contribution is 2.38. The maximum absolute atomic E-state index is 15.3. The number of urea groups is 1. The van der Waals surface area contributed by atoms with Crippen molar-refractivity contribution in [3.8, 4) is 11.3 Å². The number of primary amides is 1. The number of carbonyl (C=O) groups is 4. The first-order valence-corrected chi connectivity index (χ1v) is 17.9. The molecule has 4 N–H and O–H groups in total. The number of hydrogen-bond acceptors (Lipinski definition) is 7. The molecule has 12 nitrogen and oxygen atoms in total. The second kappa shape index (κ2) is 16.8. The number of nitrogens with zero attached hydrogens (tertiary/aromatic N) is 4. The van der Waals surface area contributed by atoms with Crippen LogP contribution in [-0.4, -0.2) is 94.7 Å². The minimum absolute atomic E-state index is 0.00169. The molecule has 5 atom stereocenters. The van der Waals surface area contributed by atoms with Gasteiger partial charge in [0.05, 0.1) is 17.7 Å². The number of imide groups is 1. The Kier molecular flexibility index (Phi) is 11.9. The smallest absolute Gasteiger partial charge is 0.318 e. The van der Waals surface area contributed by atoms with Gasteiger partial charge in [-0.2, -0.15) is 0 Å². The van der Waals surface area contributed by atoms with Crippen LogP contribution in [0.25, 0.3) is 11.3 Å². The number of halogens is 3. The Bertz CT molecular complexity index is 1820. The average Bonchev–Trinajstić information content (AvgIpc) is 3.84. The van der Waals surface area contributed by atoms with Crippen molar-refractivity contribution >= 4 is 23.8 Å². The average molecular weight is 736 g/mol. The maximum Gasteiger partial charge on any atom is 0.318 e. The molecule has 3 aliphatic heterocycles. The first-order valence-electron chi connectivity index (χ1n) is 17.9. The minimum Gasteiger partial charge on any atom is -0.381 e. The van der Waals surface area contributed by atoms with Crippen LogP contribution in [-0.2, 0) is 25.7 Å². The zero-order valence-corrected chi connectivity index (χ0v) is 29.4. The molecule has 282 valence electrons. The molecule has 0 radical (unpaired) electrons. The van der Waals surface area contributed by atoms with Gasteiger partial charge in [0.25, 0.3) is 11.8 Å². The molecule has 15 heteroatoms. The maximum atomic E-state index is 15.3. The molecule has 4 heterocycles. The van der Waals surface area contributed by atoms with Gasteiger partial charge in [-0.15, -0.1) is 0 Å². The zero-order valence-electron chi connectivity index (χ0n) is 29.4. The van der Waals surface area contributed by atoms with Crippen molar-refractivity contribution in [1.82, 2.24) is 30.0 Å². The molecule has 53 heavy (non-hydrogen) atoms. The Balaban J connectivity index is 1.38. The molecule has 3 aliphatic rings. The molecule has 0 saturated carbocycles. The standard InChI is InChI=1S/C38H44F3N7O5/c1-23(15-26(36(42)51)20-47-33(49)9-10-34(47)50)44-38(52)48(21-27-17-43-18-31(27)41)35(25-11-13-53-14-12-25)37-45-32(29-16-28(39)7-8-30(29)40)22-46(37)19-24-5-3-2-4-6-24/h2-10,16,22-23,25-27,31,35,43H,11-15,17-21H2,1H3,(H2,42,51)(H,44,52)/t23-,26?,27-,31-,35+/m0/s1. The molecule has 1 unspecified atom stereocenters. The highest BCUT2D eigenvalue weighted by atomic mass is 19.1. The minimum atomic E-state index is -1.23. The summed E-state index contributed by atoms with van der Waals surface area (Å²) in [5.41, 5.74) is 6.72. The molecular formula is C38H44F3N7O5. The van der Waals surface area contributed by atoms with E-state index in [1.807, 2.05) is 34.9 Å². The number of benzene rings is 2. The predicted molar refractivity (Wildman–Crippen MR) is 189 cm³/mol. The van der Waals surface area contributed by atoms with E-state index < -0.39 is 65.5 Å². The van der Waals surface area contributed by atoms with E-state index in [4.69, 9.17) is 15.5 Å². The van der Waals surface area contributed by atoms with Gasteiger partial charge in [-0.05, 0) is 55.9 Å². The van der Waals surface area contributed by atoms with Gasteiger partial charge in [0.1, 0.15) is 23.6 Å². The van der Waals surface area contributed by atoms with Gasteiger partial charge >= 0.3 is 6.03 Å². The Morgan fingerprint density at radius 3 is 2.45 bits per heavy atom. The molecule has 2 saturated heterocycles. The Labute approximate surface area is 305 Å². The summed E-state index contributed by atoms with van der Waals surface area (Å²) in [4.78, 5) is 58.9. The van der Waals surface area contributed by atoms with E-state index in [9.17, 15) is 23.6 Å². The molecule has 5 amide bonds. The third-order valence-corrected chi connectivity index (χ3v) is 10.2. The van der Waals surface area contributed by atoms with E-state index in [1.54, 1.807) is 18.0 Å². The van der Waals surface area contributed by atoms with Crippen molar-refractivity contribution in [1.29, 1.82) is 0 Å². The largest absolute Gasteiger partial charge is 0.381 e. The molecule has 2 fully saturated rings. The Morgan fingerprint density at radius 1 is 1.08 bits per heavy atom. The highest BCUT2D eigenvalue weighted by molar-refractivity contribution is 6.13. The predicted octanol–water partition coefficient (Wildman–Crippen LogP) is 3.72. The van der Waals surface area contributed by atoms with Gasteiger partial charge in [-0.25, -0.2) is 22.9 Å². The normalized spacial score (nSPS) is 20.8. The van der Waals surface area contributed by atoms with Crippen molar-refractivity contribution in [2.24, 2.45) is 23.5 Å². The first kappa shape index (κ1) is 37.7. The molecule has 6 rings (SSSR count). The van der Waals surface area contributed by atoms with Crippen LogP contribution >= 0.6 is 0 Å². The topological polar surface area (TPSA) is 152 Å². The number of ether oxygens (including phenoxy) is 1. The summed E-state index contributed by atoms with van der Waals surface area (Å²) in [5, 5.41) is 6.03. The van der Waals surface area contributed by atoms with E-state index in [1.165, 1.54) is 0 Å². The summed E-state index contributed by atoms with van der Waals surface area (Å²) in [5.74, 6) is -4.47. The summed E-state index contributed by atoms with van der Waals surface area (Å²) >= 11 is 0. The number of aromatic nitrogens is 2. The molecule has 1 aromatic heterocycles. The molecule has 3 aromatic rings. The summed E-state index contributed by atoms with van der Waals surface area (Å²) in [6.07, 6.45) is 3.75. The van der Waals surface area contributed by atoms with Gasteiger partial charge in [0.15, 0.2) is 0 Å². The summed E-state index contributed by atoms with van der Waals surface area (Å²) in [7, 11) is 0. The number of hydrogen-bond donors (Lipinski definition) is 3. The molecule has 2 aromatic carbocycles. The molecule has 0 aliphatic carbocycles. The fraction of sp³-hybridized carbons (Fsp3) is 0.447. The van der Waals surface area contributed by atoms with Crippen LogP contribution < -0.4 is 16.4 Å². The van der Waals surface area contributed by atoms with E-state index in [0.717, 1.165) is 40.8 Å². The summed E-state index contributed by atoms with van der Waals surface area (Å²) in [6, 6.07) is 10.7. The zero-order chi connectivity index (χ0) is 37.6. The van der Waals surface area contributed by atoms with Crippen LogP contribution in [0.5, 0.6) is 0 Å². The van der Waals surface area contributed by atoms with Gasteiger partial charge < -0.3 is 30.6 Å². The second-order valence-corrected chi connectivity index (χ2v) is 14.0. The van der Waals surface area contributed by atoms with Gasteiger partial charge in [-0.3, -0.25) is 19.3 Å². The lowest BCUT2D eigenvalue weighted by molar-refractivity contribution is -0.138. The lowest BCUT2D eigenvalue weighted by Crippen LogP contribution is -2.52. The van der Waals surface area contributed by atoms with Gasteiger partial charge in [0, 0.05) is 81.8 Å². The van der Waals surface area contributed by atoms with Crippen LogP contribution in [0.2, 0.25) is 0 Å². The van der Waals surface area contributed by atoms with Crippen LogP contribution in [0.15, 0.2) is 66.9 Å². The third-order valence-electron chi connectivity index (χ3n) is 10.2. The monoisotopic (exact) mass is 735 g/mol. The fourth-order valence-electron chi connectivity index (χ4n) is 7.38.